The second kappa shape index (κ2) is 6.01. The predicted molar refractivity (Wildman–Crippen MR) is 82.7 cm³/mol. The van der Waals surface area contributed by atoms with Crippen molar-refractivity contribution in [3.05, 3.63) is 34.0 Å². The smallest absolute Gasteiger partial charge is 0.328 e. The maximum absolute atomic E-state index is 10.4. The van der Waals surface area contributed by atoms with E-state index < -0.39 is 5.97 Å². The van der Waals surface area contributed by atoms with E-state index in [-0.39, 0.29) is 5.54 Å². The molecule has 0 saturated heterocycles. The molecule has 0 bridgehead atoms. The molecule has 0 fully saturated rings. The van der Waals surface area contributed by atoms with Gasteiger partial charge in [-0.25, -0.2) is 14.5 Å². The lowest BCUT2D eigenvalue weighted by Crippen LogP contribution is -2.22. The fourth-order valence-corrected chi connectivity index (χ4v) is 2.17. The number of carboxylic acid groups (broad SMARTS) is 1. The van der Waals surface area contributed by atoms with Gasteiger partial charge in [0, 0.05) is 17.2 Å². The van der Waals surface area contributed by atoms with E-state index in [9.17, 15) is 4.79 Å². The molecule has 2 heterocycles. The minimum Gasteiger partial charge on any atom is -0.478 e. The van der Waals surface area contributed by atoms with E-state index in [1.165, 1.54) is 17.4 Å². The highest BCUT2D eigenvalue weighted by Crippen LogP contribution is 2.17. The highest BCUT2D eigenvalue weighted by atomic mass is 32.1. The molecule has 0 radical (unpaired) electrons. The van der Waals surface area contributed by atoms with E-state index in [2.05, 4.69) is 36.1 Å². The van der Waals surface area contributed by atoms with E-state index in [4.69, 9.17) is 5.11 Å². The summed E-state index contributed by atoms with van der Waals surface area (Å²) in [7, 11) is 0. The largest absolute Gasteiger partial charge is 0.478 e. The first-order valence-corrected chi connectivity index (χ1v) is 7.14. The fraction of sp³-hybridized carbons (Fsp3) is 0.286. The Morgan fingerprint density at radius 3 is 2.71 bits per heavy atom. The minimum atomic E-state index is -0.973. The second-order valence-corrected chi connectivity index (χ2v) is 6.46. The Morgan fingerprint density at radius 1 is 1.33 bits per heavy atom. The van der Waals surface area contributed by atoms with Crippen molar-refractivity contribution in [2.24, 2.45) is 0 Å². The molecule has 0 spiro atoms. The van der Waals surface area contributed by atoms with Gasteiger partial charge < -0.3 is 5.11 Å². The van der Waals surface area contributed by atoms with Crippen LogP contribution in [-0.2, 0) is 10.3 Å². The molecule has 2 aromatic heterocycles. The topological polar surface area (TPSA) is 80.9 Å². The summed E-state index contributed by atoms with van der Waals surface area (Å²) in [4.78, 5) is 15.4. The van der Waals surface area contributed by atoms with Crippen LogP contribution in [0.15, 0.2) is 18.5 Å². The van der Waals surface area contributed by atoms with Crippen molar-refractivity contribution in [2.45, 2.75) is 26.3 Å². The van der Waals surface area contributed by atoms with Crippen molar-refractivity contribution in [1.82, 2.24) is 20.0 Å². The molecule has 0 amide bonds. The third kappa shape index (κ3) is 4.35. The van der Waals surface area contributed by atoms with Gasteiger partial charge >= 0.3 is 5.97 Å². The number of rotatable bonds is 4. The van der Waals surface area contributed by atoms with Gasteiger partial charge in [0.05, 0.1) is 11.7 Å². The first-order chi connectivity index (χ1) is 9.84. The molecule has 0 unspecified atom stereocenters. The third-order valence-electron chi connectivity index (χ3n) is 2.53. The van der Waals surface area contributed by atoms with E-state index in [1.54, 1.807) is 10.9 Å². The Hall–Kier alpha value is -2.28. The maximum Gasteiger partial charge on any atom is 0.328 e. The zero-order chi connectivity index (χ0) is 15.5. The van der Waals surface area contributed by atoms with Crippen LogP contribution in [0.5, 0.6) is 0 Å². The van der Waals surface area contributed by atoms with Crippen LogP contribution in [0.2, 0.25) is 0 Å². The van der Waals surface area contributed by atoms with Gasteiger partial charge in [0.2, 0.25) is 0 Å². The standard InChI is InChI=1S/C14H16N4O2S/c1-14(2,3)18-9-10(16-17-18)4-6-12-15-8-11(21-12)5-7-13(19)20/h4-9H,1-3H3,(H,19,20). The van der Waals surface area contributed by atoms with Crippen LogP contribution < -0.4 is 0 Å². The Labute approximate surface area is 126 Å². The number of hydrogen-bond donors (Lipinski definition) is 1. The van der Waals surface area contributed by atoms with E-state index in [0.29, 0.717) is 0 Å². The molecule has 2 rings (SSSR count). The van der Waals surface area contributed by atoms with Gasteiger partial charge in [-0.2, -0.15) is 0 Å². The molecule has 0 aliphatic heterocycles. The summed E-state index contributed by atoms with van der Waals surface area (Å²) < 4.78 is 1.80. The quantitative estimate of drug-likeness (QED) is 0.878. The van der Waals surface area contributed by atoms with Crippen molar-refractivity contribution in [3.8, 4) is 0 Å². The van der Waals surface area contributed by atoms with Crippen LogP contribution in [-0.4, -0.2) is 31.1 Å². The first-order valence-electron chi connectivity index (χ1n) is 6.32. The number of carboxylic acids is 1. The maximum atomic E-state index is 10.4. The van der Waals surface area contributed by atoms with Gasteiger partial charge in [0.15, 0.2) is 0 Å². The van der Waals surface area contributed by atoms with E-state index >= 15 is 0 Å². The van der Waals surface area contributed by atoms with Gasteiger partial charge in [-0.3, -0.25) is 0 Å². The zero-order valence-corrected chi connectivity index (χ0v) is 12.8. The Kier molecular flexibility index (Phi) is 4.32. The first kappa shape index (κ1) is 15.1. The SMILES string of the molecule is CC(C)(C)n1cc(C=Cc2ncc(C=CC(=O)O)s2)nn1. The lowest BCUT2D eigenvalue weighted by Gasteiger charge is -2.17. The molecule has 6 nitrogen and oxygen atoms in total. The third-order valence-corrected chi connectivity index (χ3v) is 3.45. The molecule has 0 saturated carbocycles. The normalized spacial score (nSPS) is 12.5. The van der Waals surface area contributed by atoms with Crippen molar-refractivity contribution in [2.75, 3.05) is 0 Å². The van der Waals surface area contributed by atoms with Crippen molar-refractivity contribution < 1.29 is 9.90 Å². The van der Waals surface area contributed by atoms with Gasteiger partial charge in [-0.1, -0.05) is 5.21 Å². The minimum absolute atomic E-state index is 0.102. The van der Waals surface area contributed by atoms with Gasteiger partial charge in [0.25, 0.3) is 0 Å². The number of carbonyl (C=O) groups is 1. The van der Waals surface area contributed by atoms with E-state index in [0.717, 1.165) is 21.7 Å². The number of thiazole rings is 1. The summed E-state index contributed by atoms with van der Waals surface area (Å²) in [5.74, 6) is -0.973. The lowest BCUT2D eigenvalue weighted by molar-refractivity contribution is -0.131. The summed E-state index contributed by atoms with van der Waals surface area (Å²) in [6.07, 6.45) is 9.78. The second-order valence-electron chi connectivity index (χ2n) is 5.36. The van der Waals surface area contributed by atoms with Crippen LogP contribution in [0.25, 0.3) is 18.2 Å². The summed E-state index contributed by atoms with van der Waals surface area (Å²) in [5, 5.41) is 17.5. The van der Waals surface area contributed by atoms with Crippen LogP contribution in [0.3, 0.4) is 0 Å². The number of aliphatic carboxylic acids is 1. The number of nitrogens with zero attached hydrogens (tertiary/aromatic N) is 4. The molecule has 21 heavy (non-hydrogen) atoms. The molecule has 0 aromatic carbocycles. The Morgan fingerprint density at radius 2 is 2.10 bits per heavy atom. The molecular weight excluding hydrogens is 288 g/mol. The van der Waals surface area contributed by atoms with Crippen LogP contribution >= 0.6 is 11.3 Å². The molecule has 0 aliphatic rings. The molecule has 0 atom stereocenters. The van der Waals surface area contributed by atoms with Crippen LogP contribution in [0, 0.1) is 0 Å². The molecule has 7 heteroatoms. The molecule has 2 aromatic rings. The highest BCUT2D eigenvalue weighted by Gasteiger charge is 2.14. The Bertz CT molecular complexity index is 692. The monoisotopic (exact) mass is 304 g/mol. The molecule has 110 valence electrons. The molecule has 0 aliphatic carbocycles. The van der Waals surface area contributed by atoms with E-state index in [1.807, 2.05) is 18.3 Å². The average Bonchev–Trinajstić information content (AvgIpc) is 3.02. The summed E-state index contributed by atoms with van der Waals surface area (Å²) in [6.45, 7) is 6.16. The van der Waals surface area contributed by atoms with Gasteiger partial charge in [0.1, 0.15) is 10.7 Å². The van der Waals surface area contributed by atoms with Crippen molar-refractivity contribution in [3.63, 3.8) is 0 Å². The summed E-state index contributed by atoms with van der Waals surface area (Å²) >= 11 is 1.40. The summed E-state index contributed by atoms with van der Waals surface area (Å²) in [5.41, 5.74) is 0.650. The molecular formula is C14H16N4O2S. The lowest BCUT2D eigenvalue weighted by atomic mass is 10.1. The Balaban J connectivity index is 2.08. The van der Waals surface area contributed by atoms with Crippen LogP contribution in [0.4, 0.5) is 0 Å². The summed E-state index contributed by atoms with van der Waals surface area (Å²) in [6, 6.07) is 0. The predicted octanol–water partition coefficient (Wildman–Crippen LogP) is 2.76. The van der Waals surface area contributed by atoms with Crippen LogP contribution in [0.1, 0.15) is 36.3 Å². The molecule has 1 N–H and O–H groups in total. The fourth-order valence-electron chi connectivity index (χ4n) is 1.45. The van der Waals surface area contributed by atoms with Crippen molar-refractivity contribution >= 4 is 35.5 Å². The number of hydrogen-bond acceptors (Lipinski definition) is 5. The van der Waals surface area contributed by atoms with Crippen molar-refractivity contribution in [1.29, 1.82) is 0 Å². The van der Waals surface area contributed by atoms with Gasteiger partial charge in [-0.05, 0) is 39.0 Å². The number of aromatic nitrogens is 4. The average molecular weight is 304 g/mol. The zero-order valence-electron chi connectivity index (χ0n) is 12.0. The highest BCUT2D eigenvalue weighted by molar-refractivity contribution is 7.13. The van der Waals surface area contributed by atoms with Gasteiger partial charge in [-0.15, -0.1) is 16.4 Å².